The van der Waals surface area contributed by atoms with Crippen molar-refractivity contribution in [3.63, 3.8) is 0 Å². The van der Waals surface area contributed by atoms with E-state index in [0.717, 1.165) is 30.4 Å². The Bertz CT molecular complexity index is 226. The van der Waals surface area contributed by atoms with Gasteiger partial charge in [-0.15, -0.1) is 5.98 Å². The Hall–Kier alpha value is -0.785. The Balaban J connectivity index is 4.46. The molecule has 0 aliphatic carbocycles. The molecule has 0 bridgehead atoms. The quantitative estimate of drug-likeness (QED) is 0.357. The van der Waals surface area contributed by atoms with E-state index in [4.69, 9.17) is 7.85 Å². The number of hydrogen-bond acceptors (Lipinski definition) is 1. The van der Waals surface area contributed by atoms with Gasteiger partial charge in [-0.3, -0.25) is 4.79 Å². The summed E-state index contributed by atoms with van der Waals surface area (Å²) in [6.07, 6.45) is 4.85. The molecule has 2 radical (unpaired) electrons. The average Bonchev–Trinajstić information content (AvgIpc) is 2.10. The second-order valence-corrected chi connectivity index (χ2v) is 3.23. The maximum absolute atomic E-state index is 10.9. The summed E-state index contributed by atoms with van der Waals surface area (Å²) < 4.78 is 0. The van der Waals surface area contributed by atoms with E-state index in [1.165, 1.54) is 0 Å². The predicted molar refractivity (Wildman–Crippen MR) is 57.8 cm³/mol. The van der Waals surface area contributed by atoms with Crippen molar-refractivity contribution < 1.29 is 4.79 Å². The number of allylic oxidation sites excluding steroid dienone is 3. The highest BCUT2D eigenvalue weighted by atomic mass is 16.1. The van der Waals surface area contributed by atoms with Crippen molar-refractivity contribution in [3.05, 3.63) is 23.2 Å². The molecule has 0 heterocycles. The molecule has 0 rings (SSSR count). The van der Waals surface area contributed by atoms with Gasteiger partial charge in [-0.2, -0.15) is 0 Å². The van der Waals surface area contributed by atoms with Crippen LogP contribution in [0.1, 0.15) is 40.0 Å². The minimum Gasteiger partial charge on any atom is -0.295 e. The van der Waals surface area contributed by atoms with E-state index >= 15 is 0 Å². The zero-order valence-corrected chi connectivity index (χ0v) is 8.76. The molecule has 0 atom stereocenters. The smallest absolute Gasteiger partial charge is 0.152 e. The lowest BCUT2D eigenvalue weighted by molar-refractivity contribution is -0.112. The maximum atomic E-state index is 10.9. The van der Waals surface area contributed by atoms with Crippen LogP contribution in [0.5, 0.6) is 0 Å². The topological polar surface area (TPSA) is 17.1 Å². The highest BCUT2D eigenvalue weighted by Gasteiger charge is 1.99. The van der Waals surface area contributed by atoms with Crippen LogP contribution in [0.25, 0.3) is 0 Å². The Morgan fingerprint density at radius 2 is 2.00 bits per heavy atom. The molecule has 0 aromatic heterocycles. The summed E-state index contributed by atoms with van der Waals surface area (Å²) in [6.45, 7) is 5.63. The molecule has 0 N–H and O–H groups in total. The van der Waals surface area contributed by atoms with Crippen molar-refractivity contribution in [1.29, 1.82) is 0 Å². The third-order valence-corrected chi connectivity index (χ3v) is 1.93. The fraction of sp³-hybridized carbons (Fsp3) is 0.545. The molecule has 0 aliphatic heterocycles. The van der Waals surface area contributed by atoms with Gasteiger partial charge in [-0.05, 0) is 38.3 Å². The van der Waals surface area contributed by atoms with Crippen LogP contribution >= 0.6 is 0 Å². The number of unbranched alkanes of at least 4 members (excludes halogenated alkanes) is 1. The normalized spacial score (nSPS) is 13.2. The van der Waals surface area contributed by atoms with E-state index in [-0.39, 0.29) is 5.78 Å². The lowest BCUT2D eigenvalue weighted by Crippen LogP contribution is -1.92. The Morgan fingerprint density at radius 1 is 1.38 bits per heavy atom. The van der Waals surface area contributed by atoms with Crippen molar-refractivity contribution in [1.82, 2.24) is 0 Å². The van der Waals surface area contributed by atoms with Gasteiger partial charge in [-0.25, -0.2) is 0 Å². The average molecular weight is 176 g/mol. The van der Waals surface area contributed by atoms with Crippen LogP contribution in [-0.4, -0.2) is 13.6 Å². The SMILES string of the molecule is [B]/C=C(C)/C(=C\C(C)=O)CCCC. The molecule has 0 aromatic rings. The first kappa shape index (κ1) is 12.2. The fourth-order valence-electron chi connectivity index (χ4n) is 1.10. The fourth-order valence-corrected chi connectivity index (χ4v) is 1.10. The summed E-state index contributed by atoms with van der Waals surface area (Å²) in [5.74, 6) is 1.65. The first-order valence-corrected chi connectivity index (χ1v) is 4.71. The van der Waals surface area contributed by atoms with Crippen LogP contribution in [0.3, 0.4) is 0 Å². The number of ketones is 1. The molecule has 13 heavy (non-hydrogen) atoms. The molecular weight excluding hydrogens is 159 g/mol. The summed E-state index contributed by atoms with van der Waals surface area (Å²) >= 11 is 0. The highest BCUT2D eigenvalue weighted by Crippen LogP contribution is 2.16. The largest absolute Gasteiger partial charge is 0.295 e. The maximum Gasteiger partial charge on any atom is 0.152 e. The molecular formula is C11H17BO. The lowest BCUT2D eigenvalue weighted by atomic mass is 9.95. The van der Waals surface area contributed by atoms with Crippen LogP contribution < -0.4 is 0 Å². The van der Waals surface area contributed by atoms with Crippen LogP contribution in [-0.2, 0) is 4.79 Å². The summed E-state index contributed by atoms with van der Waals surface area (Å²) in [6, 6.07) is 0. The minimum absolute atomic E-state index is 0.0901. The second kappa shape index (κ2) is 6.70. The molecule has 0 saturated carbocycles. The minimum atomic E-state index is 0.0901. The van der Waals surface area contributed by atoms with Gasteiger partial charge in [-0.1, -0.05) is 18.9 Å². The number of carbonyl (C=O) groups excluding carboxylic acids is 1. The van der Waals surface area contributed by atoms with Gasteiger partial charge in [0.05, 0.1) is 0 Å². The van der Waals surface area contributed by atoms with Gasteiger partial charge in [0.1, 0.15) is 7.85 Å². The monoisotopic (exact) mass is 176 g/mol. The molecule has 1 nitrogen and oxygen atoms in total. The van der Waals surface area contributed by atoms with E-state index < -0.39 is 0 Å². The molecule has 70 valence electrons. The molecule has 0 aliphatic rings. The Morgan fingerprint density at radius 3 is 2.38 bits per heavy atom. The molecule has 0 spiro atoms. The molecule has 0 unspecified atom stereocenters. The van der Waals surface area contributed by atoms with E-state index in [9.17, 15) is 4.79 Å². The summed E-state index contributed by atoms with van der Waals surface area (Å²) in [5.41, 5.74) is 2.07. The molecule has 0 fully saturated rings. The van der Waals surface area contributed by atoms with Gasteiger partial charge in [0.2, 0.25) is 0 Å². The summed E-state index contributed by atoms with van der Waals surface area (Å²) in [5, 5.41) is 0. The van der Waals surface area contributed by atoms with Crippen LogP contribution in [0, 0.1) is 0 Å². The first-order valence-electron chi connectivity index (χ1n) is 4.71. The molecule has 0 aromatic carbocycles. The second-order valence-electron chi connectivity index (χ2n) is 3.23. The van der Waals surface area contributed by atoms with Gasteiger partial charge < -0.3 is 0 Å². The zero-order valence-electron chi connectivity index (χ0n) is 8.76. The van der Waals surface area contributed by atoms with Crippen LogP contribution in [0.2, 0.25) is 0 Å². The third kappa shape index (κ3) is 5.45. The van der Waals surface area contributed by atoms with Gasteiger partial charge in [0.15, 0.2) is 5.78 Å². The Labute approximate surface area is 82.3 Å². The molecule has 0 amide bonds. The molecule has 2 heteroatoms. The van der Waals surface area contributed by atoms with Gasteiger partial charge in [0.25, 0.3) is 0 Å². The van der Waals surface area contributed by atoms with Gasteiger partial charge in [0, 0.05) is 0 Å². The van der Waals surface area contributed by atoms with E-state index in [1.54, 1.807) is 19.0 Å². The van der Waals surface area contributed by atoms with Gasteiger partial charge >= 0.3 is 0 Å². The predicted octanol–water partition coefficient (Wildman–Crippen LogP) is 2.76. The van der Waals surface area contributed by atoms with Crippen molar-refractivity contribution in [2.24, 2.45) is 0 Å². The number of hydrogen-bond donors (Lipinski definition) is 0. The lowest BCUT2D eigenvalue weighted by Gasteiger charge is -2.06. The van der Waals surface area contributed by atoms with Crippen molar-refractivity contribution in [2.45, 2.75) is 40.0 Å². The van der Waals surface area contributed by atoms with E-state index in [2.05, 4.69) is 6.92 Å². The van der Waals surface area contributed by atoms with Crippen LogP contribution in [0.15, 0.2) is 23.2 Å². The van der Waals surface area contributed by atoms with Crippen molar-refractivity contribution >= 4 is 13.6 Å². The Kier molecular flexibility index (Phi) is 6.30. The zero-order chi connectivity index (χ0) is 10.3. The summed E-state index contributed by atoms with van der Waals surface area (Å²) in [4.78, 5) is 10.9. The van der Waals surface area contributed by atoms with Crippen LogP contribution in [0.4, 0.5) is 0 Å². The summed E-state index contributed by atoms with van der Waals surface area (Å²) in [7, 11) is 5.41. The highest BCUT2D eigenvalue weighted by molar-refractivity contribution is 6.17. The molecule has 0 saturated heterocycles. The number of carbonyl (C=O) groups is 1. The standard InChI is InChI=1S/C11H17BO/c1-4-5-6-11(7-10(3)13)9(2)8-12/h7-8H,4-6H2,1-3H3/b9-8+,11-7-. The van der Waals surface area contributed by atoms with Crippen molar-refractivity contribution in [3.8, 4) is 0 Å². The van der Waals surface area contributed by atoms with E-state index in [1.807, 2.05) is 6.92 Å². The van der Waals surface area contributed by atoms with E-state index in [0.29, 0.717) is 0 Å². The third-order valence-electron chi connectivity index (χ3n) is 1.93. The van der Waals surface area contributed by atoms with Crippen molar-refractivity contribution in [2.75, 3.05) is 0 Å². The number of rotatable bonds is 5. The first-order chi connectivity index (χ1) is 6.11.